The van der Waals surface area contributed by atoms with Gasteiger partial charge in [-0.05, 0) is 39.0 Å². The average Bonchev–Trinajstić information content (AvgIpc) is 2.97. The maximum absolute atomic E-state index is 5.62. The lowest BCUT2D eigenvalue weighted by atomic mass is 10.1. The molecular weight excluding hydrogens is 250 g/mol. The Kier molecular flexibility index (Phi) is 5.64. The largest absolute Gasteiger partial charge is 0.468 e. The Morgan fingerprint density at radius 2 is 2.20 bits per heavy atom. The zero-order valence-electron chi connectivity index (χ0n) is 13.4. The third kappa shape index (κ3) is 3.84. The monoisotopic (exact) mass is 279 g/mol. The standard InChI is InChI=1S/C16H29N3O/c1-5-7-17-9-16-14(6-8-20-16)11-19-10-13(2)15(12-19)18(3)4/h6,8,13,15,17H,5,7,9-12H2,1-4H3. The van der Waals surface area contributed by atoms with Crippen molar-refractivity contribution in [2.75, 3.05) is 33.7 Å². The Hall–Kier alpha value is -0.840. The number of nitrogens with one attached hydrogen (secondary N) is 1. The molecule has 1 fully saturated rings. The van der Waals surface area contributed by atoms with Gasteiger partial charge in [0.15, 0.2) is 0 Å². The van der Waals surface area contributed by atoms with Gasteiger partial charge in [-0.2, -0.15) is 0 Å². The van der Waals surface area contributed by atoms with Crippen molar-refractivity contribution in [1.82, 2.24) is 15.1 Å². The van der Waals surface area contributed by atoms with E-state index in [2.05, 4.69) is 49.1 Å². The van der Waals surface area contributed by atoms with E-state index in [0.717, 1.165) is 44.3 Å². The van der Waals surface area contributed by atoms with E-state index in [1.54, 1.807) is 0 Å². The van der Waals surface area contributed by atoms with Gasteiger partial charge in [0.2, 0.25) is 0 Å². The van der Waals surface area contributed by atoms with Gasteiger partial charge in [0.05, 0.1) is 12.8 Å². The summed E-state index contributed by atoms with van der Waals surface area (Å²) < 4.78 is 5.62. The average molecular weight is 279 g/mol. The molecule has 0 saturated carbocycles. The van der Waals surface area contributed by atoms with E-state index in [4.69, 9.17) is 4.42 Å². The summed E-state index contributed by atoms with van der Waals surface area (Å²) in [4.78, 5) is 4.90. The topological polar surface area (TPSA) is 31.7 Å². The van der Waals surface area contributed by atoms with Gasteiger partial charge < -0.3 is 14.6 Å². The number of hydrogen-bond acceptors (Lipinski definition) is 4. The predicted octanol–water partition coefficient (Wildman–Crippen LogP) is 2.16. The minimum atomic E-state index is 0.670. The van der Waals surface area contributed by atoms with Gasteiger partial charge in [-0.1, -0.05) is 13.8 Å². The third-order valence-electron chi connectivity index (χ3n) is 4.26. The highest BCUT2D eigenvalue weighted by Gasteiger charge is 2.31. The van der Waals surface area contributed by atoms with Gasteiger partial charge >= 0.3 is 0 Å². The van der Waals surface area contributed by atoms with Crippen molar-refractivity contribution in [2.45, 2.75) is 39.4 Å². The molecule has 1 aliphatic rings. The molecule has 0 radical (unpaired) electrons. The second-order valence-electron chi connectivity index (χ2n) is 6.25. The highest BCUT2D eigenvalue weighted by molar-refractivity contribution is 5.17. The van der Waals surface area contributed by atoms with E-state index < -0.39 is 0 Å². The first kappa shape index (κ1) is 15.5. The predicted molar refractivity (Wildman–Crippen MR) is 82.6 cm³/mol. The van der Waals surface area contributed by atoms with Crippen LogP contribution in [0.2, 0.25) is 0 Å². The molecule has 1 aromatic rings. The third-order valence-corrected chi connectivity index (χ3v) is 4.26. The van der Waals surface area contributed by atoms with E-state index in [0.29, 0.717) is 6.04 Å². The summed E-state index contributed by atoms with van der Waals surface area (Å²) in [6.45, 7) is 9.76. The van der Waals surface area contributed by atoms with Crippen LogP contribution in [0.4, 0.5) is 0 Å². The van der Waals surface area contributed by atoms with Crippen LogP contribution in [-0.4, -0.2) is 49.6 Å². The molecule has 0 spiro atoms. The molecule has 0 aliphatic carbocycles. The van der Waals surface area contributed by atoms with Gasteiger partial charge in [-0.3, -0.25) is 4.90 Å². The highest BCUT2D eigenvalue weighted by atomic mass is 16.3. The fourth-order valence-corrected chi connectivity index (χ4v) is 3.13. The molecule has 0 amide bonds. The second-order valence-corrected chi connectivity index (χ2v) is 6.25. The zero-order valence-corrected chi connectivity index (χ0v) is 13.4. The first-order valence-electron chi connectivity index (χ1n) is 7.76. The summed E-state index contributed by atoms with van der Waals surface area (Å²) in [5.41, 5.74) is 1.33. The van der Waals surface area contributed by atoms with Crippen LogP contribution in [0.15, 0.2) is 16.7 Å². The van der Waals surface area contributed by atoms with Gasteiger partial charge in [0.1, 0.15) is 5.76 Å². The van der Waals surface area contributed by atoms with E-state index >= 15 is 0 Å². The Balaban J connectivity index is 1.89. The molecule has 2 atom stereocenters. The van der Waals surface area contributed by atoms with Crippen LogP contribution in [0.5, 0.6) is 0 Å². The van der Waals surface area contributed by atoms with Crippen LogP contribution in [-0.2, 0) is 13.1 Å². The van der Waals surface area contributed by atoms with Crippen molar-refractivity contribution < 1.29 is 4.42 Å². The second kappa shape index (κ2) is 7.25. The van der Waals surface area contributed by atoms with Gasteiger partial charge in [0, 0.05) is 31.2 Å². The summed E-state index contributed by atoms with van der Waals surface area (Å²) in [5.74, 6) is 1.83. The Labute approximate surface area is 123 Å². The molecule has 0 aromatic carbocycles. The molecule has 1 N–H and O–H groups in total. The molecule has 2 unspecified atom stereocenters. The van der Waals surface area contributed by atoms with E-state index in [1.807, 2.05) is 6.26 Å². The van der Waals surface area contributed by atoms with E-state index in [1.165, 1.54) is 12.1 Å². The van der Waals surface area contributed by atoms with Crippen molar-refractivity contribution >= 4 is 0 Å². The van der Waals surface area contributed by atoms with E-state index in [9.17, 15) is 0 Å². The van der Waals surface area contributed by atoms with Crippen LogP contribution in [0.1, 0.15) is 31.6 Å². The van der Waals surface area contributed by atoms with Crippen molar-refractivity contribution in [3.05, 3.63) is 23.7 Å². The molecule has 2 heterocycles. The normalized spacial score (nSPS) is 23.9. The zero-order chi connectivity index (χ0) is 14.5. The molecule has 2 rings (SSSR count). The quantitative estimate of drug-likeness (QED) is 0.775. The molecule has 1 aliphatic heterocycles. The maximum Gasteiger partial charge on any atom is 0.122 e. The lowest BCUT2D eigenvalue weighted by molar-refractivity contribution is 0.249. The number of furan rings is 1. The maximum atomic E-state index is 5.62. The SMILES string of the molecule is CCCNCc1occc1CN1CC(C)C(N(C)C)C1. The lowest BCUT2D eigenvalue weighted by Gasteiger charge is -2.22. The summed E-state index contributed by atoms with van der Waals surface area (Å²) in [6.07, 6.45) is 2.98. The minimum absolute atomic E-state index is 0.670. The molecule has 4 heteroatoms. The van der Waals surface area contributed by atoms with Crippen molar-refractivity contribution in [2.24, 2.45) is 5.92 Å². The van der Waals surface area contributed by atoms with Crippen LogP contribution in [0, 0.1) is 5.92 Å². The lowest BCUT2D eigenvalue weighted by Crippen LogP contribution is -2.34. The number of hydrogen-bond donors (Lipinski definition) is 1. The van der Waals surface area contributed by atoms with Gasteiger partial charge in [0.25, 0.3) is 0 Å². The van der Waals surface area contributed by atoms with E-state index in [-0.39, 0.29) is 0 Å². The molecule has 20 heavy (non-hydrogen) atoms. The van der Waals surface area contributed by atoms with Crippen molar-refractivity contribution in [1.29, 1.82) is 0 Å². The summed E-state index contributed by atoms with van der Waals surface area (Å²) in [6, 6.07) is 2.79. The Morgan fingerprint density at radius 1 is 1.40 bits per heavy atom. The number of likely N-dealkylation sites (tertiary alicyclic amines) is 1. The first-order valence-corrected chi connectivity index (χ1v) is 7.76. The summed E-state index contributed by atoms with van der Waals surface area (Å²) in [7, 11) is 4.37. The fraction of sp³-hybridized carbons (Fsp3) is 0.750. The van der Waals surface area contributed by atoms with Crippen LogP contribution in [0.25, 0.3) is 0 Å². The Morgan fingerprint density at radius 3 is 2.85 bits per heavy atom. The smallest absolute Gasteiger partial charge is 0.122 e. The van der Waals surface area contributed by atoms with Crippen molar-refractivity contribution in [3.8, 4) is 0 Å². The summed E-state index contributed by atoms with van der Waals surface area (Å²) >= 11 is 0. The number of rotatable bonds is 7. The van der Waals surface area contributed by atoms with Crippen LogP contribution in [0.3, 0.4) is 0 Å². The van der Waals surface area contributed by atoms with Gasteiger partial charge in [-0.25, -0.2) is 0 Å². The highest BCUT2D eigenvalue weighted by Crippen LogP contribution is 2.23. The molecule has 114 valence electrons. The molecule has 0 bridgehead atoms. The van der Waals surface area contributed by atoms with Crippen LogP contribution < -0.4 is 5.32 Å². The number of likely N-dealkylation sites (N-methyl/N-ethyl adjacent to an activating group) is 1. The first-order chi connectivity index (χ1) is 9.61. The Bertz CT molecular complexity index is 402. The van der Waals surface area contributed by atoms with Crippen LogP contribution >= 0.6 is 0 Å². The van der Waals surface area contributed by atoms with Gasteiger partial charge in [-0.15, -0.1) is 0 Å². The molecule has 1 saturated heterocycles. The molecule has 1 aromatic heterocycles. The summed E-state index contributed by atoms with van der Waals surface area (Å²) in [5, 5.41) is 3.42. The minimum Gasteiger partial charge on any atom is -0.468 e. The number of nitrogens with zero attached hydrogens (tertiary/aromatic N) is 2. The molecular formula is C16H29N3O. The fourth-order valence-electron chi connectivity index (χ4n) is 3.13. The molecule has 4 nitrogen and oxygen atoms in total. The van der Waals surface area contributed by atoms with Crippen molar-refractivity contribution in [3.63, 3.8) is 0 Å².